The van der Waals surface area contributed by atoms with Crippen LogP contribution in [0.2, 0.25) is 0 Å². The summed E-state index contributed by atoms with van der Waals surface area (Å²) < 4.78 is 16.4. The number of nitrogens with one attached hydrogen (secondary N) is 2. The van der Waals surface area contributed by atoms with Crippen molar-refractivity contribution < 1.29 is 19.0 Å². The first-order chi connectivity index (χ1) is 14.0. The summed E-state index contributed by atoms with van der Waals surface area (Å²) in [5.74, 6) is 0.139. The summed E-state index contributed by atoms with van der Waals surface area (Å²) in [6.07, 6.45) is 1.55. The Labute approximate surface area is 171 Å². The minimum absolute atomic E-state index is 0.241. The Balaban J connectivity index is 2.21. The molecule has 0 aliphatic heterocycles. The summed E-state index contributed by atoms with van der Waals surface area (Å²) >= 11 is 0. The summed E-state index contributed by atoms with van der Waals surface area (Å²) in [5, 5.41) is 9.43. The van der Waals surface area contributed by atoms with E-state index in [2.05, 4.69) is 11.4 Å². The molecule has 0 aliphatic rings. The van der Waals surface area contributed by atoms with Crippen LogP contribution in [0.5, 0.6) is 5.75 Å². The van der Waals surface area contributed by atoms with Crippen LogP contribution in [-0.2, 0) is 27.3 Å². The predicted molar refractivity (Wildman–Crippen MR) is 113 cm³/mol. The van der Waals surface area contributed by atoms with E-state index in [0.29, 0.717) is 26.2 Å². The van der Waals surface area contributed by atoms with Gasteiger partial charge in [-0.25, -0.2) is 0 Å². The van der Waals surface area contributed by atoms with E-state index in [9.17, 15) is 4.79 Å². The molecule has 2 rings (SSSR count). The summed E-state index contributed by atoms with van der Waals surface area (Å²) in [5.41, 5.74) is 9.28. The average molecular weight is 399 g/mol. The number of amides is 1. The molecule has 0 bridgehead atoms. The topological polar surface area (TPSA) is 107 Å². The number of carbonyl (C=O) groups is 1. The Morgan fingerprint density at radius 3 is 2.62 bits per heavy atom. The molecule has 0 aromatic heterocycles. The molecule has 7 nitrogen and oxygen atoms in total. The third kappa shape index (κ3) is 7.56. The first-order valence-corrected chi connectivity index (χ1v) is 9.50. The number of hydrogen-bond donors (Lipinski definition) is 3. The Morgan fingerprint density at radius 2 is 1.90 bits per heavy atom. The fraction of sp³-hybridized carbons (Fsp3) is 0.364. The van der Waals surface area contributed by atoms with Gasteiger partial charge in [0.1, 0.15) is 5.75 Å². The highest BCUT2D eigenvalue weighted by Crippen LogP contribution is 2.32. The number of rotatable bonds is 11. The fourth-order valence-electron chi connectivity index (χ4n) is 2.93. The maximum absolute atomic E-state index is 11.8. The Hall–Kier alpha value is -2.90. The van der Waals surface area contributed by atoms with Gasteiger partial charge in [-0.2, -0.15) is 0 Å². The van der Waals surface area contributed by atoms with Crippen LogP contribution >= 0.6 is 0 Å². The quantitative estimate of drug-likeness (QED) is 0.306. The lowest BCUT2D eigenvalue weighted by molar-refractivity contribution is -0.119. The molecular formula is C22H29N3O4. The van der Waals surface area contributed by atoms with Gasteiger partial charge in [-0.3, -0.25) is 15.5 Å². The molecule has 4 N–H and O–H groups in total. The van der Waals surface area contributed by atoms with Crippen LogP contribution in [0.4, 0.5) is 0 Å². The number of carbonyl (C=O) groups excluding carboxylic acids is 1. The number of ether oxygens (including phenoxy) is 3. The van der Waals surface area contributed by atoms with Crippen molar-refractivity contribution >= 4 is 11.9 Å². The lowest BCUT2D eigenvalue weighted by Gasteiger charge is -2.14. The van der Waals surface area contributed by atoms with Crippen LogP contribution in [0.3, 0.4) is 0 Å². The third-order valence-corrected chi connectivity index (χ3v) is 4.26. The van der Waals surface area contributed by atoms with Gasteiger partial charge in [0.05, 0.1) is 13.2 Å². The number of hydrogen-bond acceptors (Lipinski definition) is 5. The first-order valence-electron chi connectivity index (χ1n) is 9.50. The third-order valence-electron chi connectivity index (χ3n) is 4.26. The number of nitrogens with two attached hydrogens (primary N) is 1. The zero-order valence-electron chi connectivity index (χ0n) is 17.0. The average Bonchev–Trinajstić information content (AvgIpc) is 2.70. The van der Waals surface area contributed by atoms with Gasteiger partial charge in [-0.15, -0.1) is 0 Å². The van der Waals surface area contributed by atoms with E-state index < -0.39 is 0 Å². The molecule has 0 saturated heterocycles. The van der Waals surface area contributed by atoms with E-state index in [1.165, 1.54) is 0 Å². The van der Waals surface area contributed by atoms with Crippen LogP contribution in [0.1, 0.15) is 24.0 Å². The van der Waals surface area contributed by atoms with E-state index in [4.69, 9.17) is 25.4 Å². The number of methoxy groups -OCH3 is 2. The molecule has 0 spiro atoms. The minimum atomic E-state index is -0.344. The molecule has 2 aromatic rings. The molecule has 0 atom stereocenters. The molecule has 2 aromatic carbocycles. The van der Waals surface area contributed by atoms with E-state index in [1.54, 1.807) is 14.2 Å². The van der Waals surface area contributed by atoms with Gasteiger partial charge >= 0.3 is 0 Å². The molecule has 1 amide bonds. The Kier molecular flexibility index (Phi) is 9.14. The monoisotopic (exact) mass is 399 g/mol. The first kappa shape index (κ1) is 22.4. The Bertz CT molecular complexity index is 823. The number of guanidine groups is 1. The molecule has 0 fully saturated rings. The van der Waals surface area contributed by atoms with Gasteiger partial charge in [-0.1, -0.05) is 30.3 Å². The van der Waals surface area contributed by atoms with Gasteiger partial charge in [0.2, 0.25) is 5.91 Å². The van der Waals surface area contributed by atoms with Gasteiger partial charge in [-0.05, 0) is 35.2 Å². The zero-order chi connectivity index (χ0) is 21.1. The van der Waals surface area contributed by atoms with Crippen molar-refractivity contribution in [2.45, 2.75) is 25.9 Å². The smallest absolute Gasteiger partial charge is 0.226 e. The van der Waals surface area contributed by atoms with E-state index in [-0.39, 0.29) is 18.3 Å². The van der Waals surface area contributed by atoms with Gasteiger partial charge < -0.3 is 19.9 Å². The van der Waals surface area contributed by atoms with Crippen LogP contribution < -0.4 is 15.8 Å². The van der Waals surface area contributed by atoms with Gasteiger partial charge in [0, 0.05) is 39.2 Å². The summed E-state index contributed by atoms with van der Waals surface area (Å²) in [4.78, 5) is 11.8. The summed E-state index contributed by atoms with van der Waals surface area (Å²) in [6, 6.07) is 14.1. The van der Waals surface area contributed by atoms with Crippen molar-refractivity contribution in [2.24, 2.45) is 5.73 Å². The molecule has 7 heteroatoms. The maximum Gasteiger partial charge on any atom is 0.226 e. The van der Waals surface area contributed by atoms with E-state index in [0.717, 1.165) is 34.4 Å². The molecule has 156 valence electrons. The van der Waals surface area contributed by atoms with Crippen LogP contribution in [0, 0.1) is 5.41 Å². The highest BCUT2D eigenvalue weighted by atomic mass is 16.5. The largest absolute Gasteiger partial charge is 0.493 e. The van der Waals surface area contributed by atoms with Crippen molar-refractivity contribution in [2.75, 3.05) is 27.4 Å². The summed E-state index contributed by atoms with van der Waals surface area (Å²) in [6.45, 7) is 1.71. The van der Waals surface area contributed by atoms with Crippen LogP contribution in [-0.4, -0.2) is 39.3 Å². The lowest BCUT2D eigenvalue weighted by atomic mass is 9.99. The predicted octanol–water partition coefficient (Wildman–Crippen LogP) is 2.86. The van der Waals surface area contributed by atoms with Crippen molar-refractivity contribution in [3.05, 3.63) is 53.6 Å². The highest BCUT2D eigenvalue weighted by Gasteiger charge is 2.11. The molecule has 0 aliphatic carbocycles. The SMILES string of the molecule is COCCCOc1cc(CCC(=O)NC(=N)N)ccc1-c1cccc(COC)c1. The minimum Gasteiger partial charge on any atom is -0.493 e. The molecule has 0 radical (unpaired) electrons. The van der Waals surface area contributed by atoms with Crippen molar-refractivity contribution in [3.8, 4) is 16.9 Å². The Morgan fingerprint density at radius 1 is 1.07 bits per heavy atom. The molecule has 0 unspecified atom stereocenters. The van der Waals surface area contributed by atoms with Crippen molar-refractivity contribution in [1.82, 2.24) is 5.32 Å². The fourth-order valence-corrected chi connectivity index (χ4v) is 2.93. The van der Waals surface area contributed by atoms with Crippen molar-refractivity contribution in [1.29, 1.82) is 5.41 Å². The standard InChI is InChI=1S/C22H29N3O4/c1-27-11-4-12-29-20-14-16(8-10-21(26)25-22(23)24)7-9-19(20)18-6-3-5-17(13-18)15-28-2/h3,5-7,9,13-14H,4,8,10-12,15H2,1-2H3,(H4,23,24,25,26). The van der Waals surface area contributed by atoms with Gasteiger partial charge in [0.25, 0.3) is 0 Å². The van der Waals surface area contributed by atoms with Gasteiger partial charge in [0.15, 0.2) is 5.96 Å². The summed E-state index contributed by atoms with van der Waals surface area (Å²) in [7, 11) is 3.34. The number of aryl methyl sites for hydroxylation is 1. The number of benzene rings is 2. The molecular weight excluding hydrogens is 370 g/mol. The normalized spacial score (nSPS) is 10.6. The van der Waals surface area contributed by atoms with E-state index in [1.807, 2.05) is 36.4 Å². The van der Waals surface area contributed by atoms with Crippen molar-refractivity contribution in [3.63, 3.8) is 0 Å². The molecule has 0 saturated carbocycles. The van der Waals surface area contributed by atoms with E-state index >= 15 is 0 Å². The zero-order valence-corrected chi connectivity index (χ0v) is 17.0. The van der Waals surface area contributed by atoms with Crippen LogP contribution in [0.25, 0.3) is 11.1 Å². The maximum atomic E-state index is 11.8. The second-order valence-corrected chi connectivity index (χ2v) is 6.62. The lowest BCUT2D eigenvalue weighted by Crippen LogP contribution is -2.35. The second-order valence-electron chi connectivity index (χ2n) is 6.62. The molecule has 29 heavy (non-hydrogen) atoms. The van der Waals surface area contributed by atoms with Crippen LogP contribution in [0.15, 0.2) is 42.5 Å². The highest BCUT2D eigenvalue weighted by molar-refractivity contribution is 5.94. The molecule has 0 heterocycles. The second kappa shape index (κ2) is 11.8.